The molecule has 1 fully saturated rings. The Morgan fingerprint density at radius 2 is 1.97 bits per heavy atom. The van der Waals surface area contributed by atoms with Crippen LogP contribution < -0.4 is 14.4 Å². The number of allylic oxidation sites excluding steroid dienone is 1. The predicted molar refractivity (Wildman–Crippen MR) is 123 cm³/mol. The largest absolute Gasteiger partial charge is 0.490 e. The number of benzene rings is 2. The number of anilines is 1. The van der Waals surface area contributed by atoms with Crippen molar-refractivity contribution in [3.05, 3.63) is 60.2 Å². The topological polar surface area (TPSA) is 43.3 Å². The van der Waals surface area contributed by atoms with E-state index in [9.17, 15) is 0 Å². The summed E-state index contributed by atoms with van der Waals surface area (Å²) in [5, 5.41) is 0. The molecule has 0 unspecified atom stereocenters. The van der Waals surface area contributed by atoms with Crippen molar-refractivity contribution in [1.29, 1.82) is 0 Å². The highest BCUT2D eigenvalue weighted by molar-refractivity contribution is 5.84. The molecule has 0 spiro atoms. The Labute approximate surface area is 179 Å². The molecule has 1 heterocycles. The maximum Gasteiger partial charge on any atom is 0.166 e. The fourth-order valence-electron chi connectivity index (χ4n) is 3.33. The Morgan fingerprint density at radius 1 is 1.20 bits per heavy atom. The van der Waals surface area contributed by atoms with Crippen LogP contribution in [0.15, 0.2) is 54.0 Å². The van der Waals surface area contributed by atoms with Crippen molar-refractivity contribution in [2.75, 3.05) is 44.4 Å². The van der Waals surface area contributed by atoms with Crippen molar-refractivity contribution in [2.24, 2.45) is 4.99 Å². The molecule has 0 aliphatic carbocycles. The predicted octanol–water partition coefficient (Wildman–Crippen LogP) is 4.41. The summed E-state index contributed by atoms with van der Waals surface area (Å²) in [5.41, 5.74) is 3.98. The quantitative estimate of drug-likeness (QED) is 0.353. The maximum absolute atomic E-state index is 5.79. The van der Waals surface area contributed by atoms with Crippen LogP contribution in [0.3, 0.4) is 0 Å². The molecule has 0 bridgehead atoms. The van der Waals surface area contributed by atoms with E-state index in [-0.39, 0.29) is 6.61 Å². The first-order chi connectivity index (χ1) is 14.7. The number of hydrogen-bond donors (Lipinski definition) is 0. The van der Waals surface area contributed by atoms with E-state index in [1.54, 1.807) is 0 Å². The Kier molecular flexibility index (Phi) is 7.94. The van der Waals surface area contributed by atoms with Crippen molar-refractivity contribution in [2.45, 2.75) is 13.3 Å². The minimum atomic E-state index is 0.188. The van der Waals surface area contributed by atoms with Gasteiger partial charge in [0.05, 0.1) is 25.5 Å². The van der Waals surface area contributed by atoms with Crippen molar-refractivity contribution in [3.63, 3.8) is 0 Å². The van der Waals surface area contributed by atoms with Gasteiger partial charge in [-0.1, -0.05) is 12.0 Å². The lowest BCUT2D eigenvalue weighted by molar-refractivity contribution is 0.122. The zero-order chi connectivity index (χ0) is 21.2. The molecule has 5 heteroatoms. The van der Waals surface area contributed by atoms with Gasteiger partial charge in [-0.15, -0.1) is 13.0 Å². The number of rotatable bonds is 9. The average molecular weight is 405 g/mol. The zero-order valence-electron chi connectivity index (χ0n) is 17.5. The Morgan fingerprint density at radius 3 is 2.63 bits per heavy atom. The smallest absolute Gasteiger partial charge is 0.166 e. The van der Waals surface area contributed by atoms with E-state index in [1.807, 2.05) is 43.5 Å². The van der Waals surface area contributed by atoms with Crippen molar-refractivity contribution >= 4 is 17.6 Å². The fraction of sp³-hybridized carbons (Fsp3) is 0.320. The van der Waals surface area contributed by atoms with E-state index in [4.69, 9.17) is 20.6 Å². The van der Waals surface area contributed by atoms with Gasteiger partial charge in [-0.2, -0.15) is 0 Å². The Bertz CT molecular complexity index is 907. The van der Waals surface area contributed by atoms with E-state index in [2.05, 4.69) is 34.5 Å². The van der Waals surface area contributed by atoms with Gasteiger partial charge < -0.3 is 19.1 Å². The number of terminal acetylenes is 1. The molecule has 0 atom stereocenters. The summed E-state index contributed by atoms with van der Waals surface area (Å²) in [7, 11) is 0. The number of ether oxygens (including phenoxy) is 3. The average Bonchev–Trinajstić information content (AvgIpc) is 2.78. The Balaban J connectivity index is 1.81. The number of nitrogens with zero attached hydrogens (tertiary/aromatic N) is 2. The normalized spacial score (nSPS) is 13.8. The second kappa shape index (κ2) is 11.1. The second-order valence-electron chi connectivity index (χ2n) is 6.80. The van der Waals surface area contributed by atoms with E-state index in [0.29, 0.717) is 24.5 Å². The van der Waals surface area contributed by atoms with Crippen LogP contribution in [0.25, 0.3) is 0 Å². The summed E-state index contributed by atoms with van der Waals surface area (Å²) in [4.78, 5) is 6.96. The van der Waals surface area contributed by atoms with E-state index in [0.717, 1.165) is 43.1 Å². The van der Waals surface area contributed by atoms with Crippen molar-refractivity contribution in [1.82, 2.24) is 0 Å². The SMILES string of the molecule is C#CCOc1c(CC=C)cc(C=Nc2ccc(N3CCOCC3)cc2)cc1OCC. The minimum absolute atomic E-state index is 0.188. The monoisotopic (exact) mass is 404 g/mol. The summed E-state index contributed by atoms with van der Waals surface area (Å²) in [6.45, 7) is 9.89. The van der Waals surface area contributed by atoms with E-state index < -0.39 is 0 Å². The highest BCUT2D eigenvalue weighted by Gasteiger charge is 2.13. The van der Waals surface area contributed by atoms with E-state index >= 15 is 0 Å². The van der Waals surface area contributed by atoms with E-state index in [1.165, 1.54) is 5.69 Å². The third-order valence-corrected chi connectivity index (χ3v) is 4.71. The third-order valence-electron chi connectivity index (χ3n) is 4.71. The van der Waals surface area contributed by atoms with Crippen molar-refractivity contribution < 1.29 is 14.2 Å². The van der Waals surface area contributed by atoms with Gasteiger partial charge in [-0.05, 0) is 55.3 Å². The molecule has 0 N–H and O–H groups in total. The van der Waals surface area contributed by atoms with Gasteiger partial charge in [0, 0.05) is 30.6 Å². The van der Waals surface area contributed by atoms with Crippen LogP contribution in [-0.4, -0.2) is 45.7 Å². The molecule has 1 saturated heterocycles. The molecule has 1 aliphatic heterocycles. The fourth-order valence-corrected chi connectivity index (χ4v) is 3.33. The van der Waals surface area contributed by atoms with Crippen LogP contribution in [-0.2, 0) is 11.2 Å². The lowest BCUT2D eigenvalue weighted by atomic mass is 10.1. The van der Waals surface area contributed by atoms with Gasteiger partial charge in [-0.25, -0.2) is 0 Å². The molecule has 5 nitrogen and oxygen atoms in total. The van der Waals surface area contributed by atoms with Gasteiger partial charge >= 0.3 is 0 Å². The molecule has 0 radical (unpaired) electrons. The summed E-state index contributed by atoms with van der Waals surface area (Å²) < 4.78 is 17.0. The highest BCUT2D eigenvalue weighted by Crippen LogP contribution is 2.34. The first kappa shape index (κ1) is 21.5. The summed E-state index contributed by atoms with van der Waals surface area (Å²) in [6, 6.07) is 12.2. The summed E-state index contributed by atoms with van der Waals surface area (Å²) in [5.74, 6) is 3.84. The zero-order valence-corrected chi connectivity index (χ0v) is 17.5. The molecule has 0 aromatic heterocycles. The summed E-state index contributed by atoms with van der Waals surface area (Å²) >= 11 is 0. The van der Waals surface area contributed by atoms with Crippen LogP contribution in [0.4, 0.5) is 11.4 Å². The molecule has 1 aliphatic rings. The highest BCUT2D eigenvalue weighted by atomic mass is 16.5. The van der Waals surface area contributed by atoms with Crippen LogP contribution in [0.5, 0.6) is 11.5 Å². The number of morpholine rings is 1. The van der Waals surface area contributed by atoms with Crippen LogP contribution in [0.2, 0.25) is 0 Å². The third kappa shape index (κ3) is 5.65. The van der Waals surface area contributed by atoms with Crippen LogP contribution in [0, 0.1) is 12.3 Å². The lowest BCUT2D eigenvalue weighted by Crippen LogP contribution is -2.36. The van der Waals surface area contributed by atoms with Gasteiger partial charge in [0.2, 0.25) is 0 Å². The molecular weight excluding hydrogens is 376 g/mol. The molecule has 156 valence electrons. The van der Waals surface area contributed by atoms with Crippen molar-refractivity contribution in [3.8, 4) is 23.8 Å². The Hall–Kier alpha value is -3.23. The minimum Gasteiger partial charge on any atom is -0.490 e. The maximum atomic E-state index is 5.79. The molecule has 0 amide bonds. The molecule has 0 saturated carbocycles. The van der Waals surface area contributed by atoms with Gasteiger partial charge in [-0.3, -0.25) is 4.99 Å². The molecule has 30 heavy (non-hydrogen) atoms. The number of aliphatic imine (C=N–C) groups is 1. The first-order valence-corrected chi connectivity index (χ1v) is 10.2. The van der Waals surface area contributed by atoms with Gasteiger partial charge in [0.25, 0.3) is 0 Å². The first-order valence-electron chi connectivity index (χ1n) is 10.2. The standard InChI is InChI=1S/C25H28N2O3/c1-4-7-21-17-20(18-24(29-6-3)25(21)30-14-5-2)19-26-22-8-10-23(11-9-22)27-12-15-28-16-13-27/h2,4,8-11,17-19H,1,6-7,12-16H2,3H3. The summed E-state index contributed by atoms with van der Waals surface area (Å²) in [6.07, 6.45) is 9.68. The molecule has 2 aromatic rings. The second-order valence-corrected chi connectivity index (χ2v) is 6.80. The van der Waals surface area contributed by atoms with Gasteiger partial charge in [0.15, 0.2) is 11.5 Å². The molecular formula is C25H28N2O3. The number of hydrogen-bond acceptors (Lipinski definition) is 5. The van der Waals surface area contributed by atoms with Crippen LogP contribution in [0.1, 0.15) is 18.1 Å². The molecule has 3 rings (SSSR count). The lowest BCUT2D eigenvalue weighted by Gasteiger charge is -2.28. The van der Waals surface area contributed by atoms with Gasteiger partial charge in [0.1, 0.15) is 6.61 Å². The van der Waals surface area contributed by atoms with Crippen LogP contribution >= 0.6 is 0 Å². The molecule has 2 aromatic carbocycles.